The van der Waals surface area contributed by atoms with Crippen molar-refractivity contribution in [3.05, 3.63) is 35.4 Å². The molecule has 1 aliphatic rings. The molecular formula is C15H19F3O4. The number of hydrogen-bond acceptors (Lipinski definition) is 4. The molecule has 3 atom stereocenters. The predicted octanol–water partition coefficient (Wildman–Crippen LogP) is 4.24. The van der Waals surface area contributed by atoms with Gasteiger partial charge in [-0.15, -0.1) is 0 Å². The van der Waals surface area contributed by atoms with E-state index in [1.165, 1.54) is 0 Å². The van der Waals surface area contributed by atoms with Gasteiger partial charge in [-0.2, -0.15) is 13.2 Å². The average molecular weight is 320 g/mol. The van der Waals surface area contributed by atoms with Crippen molar-refractivity contribution in [3.8, 4) is 0 Å². The van der Waals surface area contributed by atoms with Crippen molar-refractivity contribution in [2.45, 2.75) is 45.4 Å². The standard InChI is InChI=1S/C15H19F3O4/c1-14(2,3)11-9-6-4-5-7-10(9)12(21-13(11)22-19)20-8-15(16,17)18/h4-7,11-13,19H,8H2,1-3H3/t11-,12+,13+/m1/s1. The Morgan fingerprint density at radius 1 is 1.14 bits per heavy atom. The minimum Gasteiger partial charge on any atom is -0.339 e. The maximum absolute atomic E-state index is 12.4. The van der Waals surface area contributed by atoms with Crippen LogP contribution in [0.4, 0.5) is 13.2 Å². The van der Waals surface area contributed by atoms with Gasteiger partial charge in [0.05, 0.1) is 0 Å². The molecule has 1 N–H and O–H groups in total. The van der Waals surface area contributed by atoms with Gasteiger partial charge >= 0.3 is 6.18 Å². The van der Waals surface area contributed by atoms with Crippen LogP contribution in [0.15, 0.2) is 24.3 Å². The molecule has 0 aromatic heterocycles. The fourth-order valence-corrected chi connectivity index (χ4v) is 2.69. The minimum absolute atomic E-state index is 0.335. The molecule has 2 rings (SSSR count). The van der Waals surface area contributed by atoms with Crippen molar-refractivity contribution in [2.75, 3.05) is 6.61 Å². The molecular weight excluding hydrogens is 301 g/mol. The highest BCUT2D eigenvalue weighted by atomic mass is 19.4. The monoisotopic (exact) mass is 320 g/mol. The van der Waals surface area contributed by atoms with Gasteiger partial charge in [-0.25, -0.2) is 10.1 Å². The van der Waals surface area contributed by atoms with Gasteiger partial charge in [0.25, 0.3) is 0 Å². The molecule has 1 aliphatic heterocycles. The molecule has 0 saturated heterocycles. The van der Waals surface area contributed by atoms with Gasteiger partial charge < -0.3 is 9.47 Å². The maximum atomic E-state index is 12.4. The zero-order chi connectivity index (χ0) is 16.5. The van der Waals surface area contributed by atoms with Crippen molar-refractivity contribution >= 4 is 0 Å². The van der Waals surface area contributed by atoms with Gasteiger partial charge in [0.2, 0.25) is 6.29 Å². The summed E-state index contributed by atoms with van der Waals surface area (Å²) in [6.45, 7) is 4.35. The normalized spacial score (nSPS) is 25.9. The fraction of sp³-hybridized carbons (Fsp3) is 0.600. The molecule has 124 valence electrons. The summed E-state index contributed by atoms with van der Waals surface area (Å²) in [5.41, 5.74) is 0.922. The molecule has 1 aromatic rings. The van der Waals surface area contributed by atoms with E-state index in [9.17, 15) is 13.2 Å². The van der Waals surface area contributed by atoms with Gasteiger partial charge in [-0.3, -0.25) is 0 Å². The third-order valence-electron chi connectivity index (χ3n) is 3.55. The lowest BCUT2D eigenvalue weighted by Gasteiger charge is -2.42. The highest BCUT2D eigenvalue weighted by Crippen LogP contribution is 2.47. The first-order valence-electron chi connectivity index (χ1n) is 6.86. The topological polar surface area (TPSA) is 47.9 Å². The first-order valence-corrected chi connectivity index (χ1v) is 6.86. The molecule has 0 bridgehead atoms. The van der Waals surface area contributed by atoms with E-state index in [-0.39, 0.29) is 11.3 Å². The van der Waals surface area contributed by atoms with Crippen molar-refractivity contribution in [3.63, 3.8) is 0 Å². The average Bonchev–Trinajstić information content (AvgIpc) is 2.41. The Morgan fingerprint density at radius 2 is 1.73 bits per heavy atom. The summed E-state index contributed by atoms with van der Waals surface area (Å²) >= 11 is 0. The summed E-state index contributed by atoms with van der Waals surface area (Å²) in [7, 11) is 0. The zero-order valence-corrected chi connectivity index (χ0v) is 12.6. The molecule has 4 nitrogen and oxygen atoms in total. The number of alkyl halides is 3. The highest BCUT2D eigenvalue weighted by molar-refractivity contribution is 5.35. The van der Waals surface area contributed by atoms with E-state index in [1.807, 2.05) is 20.8 Å². The molecule has 0 aliphatic carbocycles. The van der Waals surface area contributed by atoms with Crippen molar-refractivity contribution in [1.82, 2.24) is 0 Å². The summed E-state index contributed by atoms with van der Waals surface area (Å²) < 4.78 is 47.3. The molecule has 22 heavy (non-hydrogen) atoms. The lowest BCUT2D eigenvalue weighted by Crippen LogP contribution is -2.40. The smallest absolute Gasteiger partial charge is 0.339 e. The van der Waals surface area contributed by atoms with Crippen LogP contribution in [0.2, 0.25) is 0 Å². The van der Waals surface area contributed by atoms with Crippen LogP contribution >= 0.6 is 0 Å². The van der Waals surface area contributed by atoms with Crippen LogP contribution in [-0.4, -0.2) is 24.3 Å². The third kappa shape index (κ3) is 3.78. The van der Waals surface area contributed by atoms with E-state index < -0.39 is 25.4 Å². The predicted molar refractivity (Wildman–Crippen MR) is 72.0 cm³/mol. The van der Waals surface area contributed by atoms with Crippen molar-refractivity contribution in [1.29, 1.82) is 0 Å². The van der Waals surface area contributed by atoms with Crippen LogP contribution in [0, 0.1) is 5.41 Å². The quantitative estimate of drug-likeness (QED) is 0.668. The Hall–Kier alpha value is -1.15. The minimum atomic E-state index is -4.46. The van der Waals surface area contributed by atoms with E-state index >= 15 is 0 Å². The summed E-state index contributed by atoms with van der Waals surface area (Å²) in [6.07, 6.45) is -6.81. The van der Waals surface area contributed by atoms with Gasteiger partial charge in [0.15, 0.2) is 6.29 Å². The first-order chi connectivity index (χ1) is 10.1. The van der Waals surface area contributed by atoms with Gasteiger partial charge in [0.1, 0.15) is 6.61 Å². The number of rotatable bonds is 3. The van der Waals surface area contributed by atoms with Gasteiger partial charge in [0, 0.05) is 11.5 Å². The van der Waals surface area contributed by atoms with Crippen molar-refractivity contribution < 1.29 is 32.8 Å². The fourth-order valence-electron chi connectivity index (χ4n) is 2.69. The summed E-state index contributed by atoms with van der Waals surface area (Å²) in [6, 6.07) is 6.91. The van der Waals surface area contributed by atoms with E-state index in [1.54, 1.807) is 24.3 Å². The zero-order valence-electron chi connectivity index (χ0n) is 12.6. The highest BCUT2D eigenvalue weighted by Gasteiger charge is 2.44. The summed E-state index contributed by atoms with van der Waals surface area (Å²) in [5, 5.41) is 9.09. The number of fused-ring (bicyclic) bond motifs is 1. The van der Waals surface area contributed by atoms with Crippen LogP contribution in [0.5, 0.6) is 0 Å². The number of hydrogen-bond donors (Lipinski definition) is 1. The van der Waals surface area contributed by atoms with Crippen LogP contribution < -0.4 is 0 Å². The lowest BCUT2D eigenvalue weighted by atomic mass is 9.73. The molecule has 0 radical (unpaired) electrons. The Labute approximate surface area is 126 Å². The van der Waals surface area contributed by atoms with E-state index in [0.29, 0.717) is 5.56 Å². The third-order valence-corrected chi connectivity index (χ3v) is 3.55. The molecule has 7 heteroatoms. The molecule has 1 aromatic carbocycles. The Bertz CT molecular complexity index is 510. The second-order valence-corrected chi connectivity index (χ2v) is 6.34. The molecule has 0 amide bonds. The SMILES string of the molecule is CC(C)(C)[C@@H]1c2ccccc2[C@@H](OCC(F)(F)F)O[C@H]1OO. The second kappa shape index (κ2) is 6.16. The molecule has 0 saturated carbocycles. The molecule has 0 spiro atoms. The van der Waals surface area contributed by atoms with Crippen LogP contribution in [0.3, 0.4) is 0 Å². The number of ether oxygens (including phenoxy) is 2. The lowest BCUT2D eigenvalue weighted by molar-refractivity contribution is -0.395. The van der Waals surface area contributed by atoms with Gasteiger partial charge in [-0.05, 0) is 11.0 Å². The maximum Gasteiger partial charge on any atom is 0.411 e. The molecule has 0 unspecified atom stereocenters. The van der Waals surface area contributed by atoms with Crippen LogP contribution in [0.1, 0.15) is 44.1 Å². The Balaban J connectivity index is 2.35. The van der Waals surface area contributed by atoms with E-state index in [2.05, 4.69) is 4.89 Å². The number of benzene rings is 1. The largest absolute Gasteiger partial charge is 0.411 e. The first kappa shape index (κ1) is 17.2. The Morgan fingerprint density at radius 3 is 2.23 bits per heavy atom. The molecule has 1 heterocycles. The van der Waals surface area contributed by atoms with E-state index in [0.717, 1.165) is 5.56 Å². The van der Waals surface area contributed by atoms with Gasteiger partial charge in [-0.1, -0.05) is 45.0 Å². The van der Waals surface area contributed by atoms with Crippen LogP contribution in [-0.2, 0) is 14.4 Å². The number of halogens is 3. The van der Waals surface area contributed by atoms with Crippen molar-refractivity contribution in [2.24, 2.45) is 5.41 Å². The second-order valence-electron chi connectivity index (χ2n) is 6.34. The van der Waals surface area contributed by atoms with Crippen LogP contribution in [0.25, 0.3) is 0 Å². The Kier molecular flexibility index (Phi) is 4.81. The van der Waals surface area contributed by atoms with E-state index in [4.69, 9.17) is 14.7 Å². The summed E-state index contributed by atoms with van der Waals surface area (Å²) in [4.78, 5) is 4.37. The molecule has 0 fully saturated rings. The summed E-state index contributed by atoms with van der Waals surface area (Å²) in [5.74, 6) is -0.348.